The van der Waals surface area contributed by atoms with Crippen molar-refractivity contribution in [3.05, 3.63) is 49.9 Å². The number of fused-ring (bicyclic) bond motifs is 5. The number of rotatable bonds is 1. The first kappa shape index (κ1) is 21.4. The second kappa shape index (κ2) is 7.56. The lowest BCUT2D eigenvalue weighted by Gasteiger charge is -2.46. The van der Waals surface area contributed by atoms with E-state index in [0.717, 1.165) is 54.1 Å². The van der Waals surface area contributed by atoms with Gasteiger partial charge in [-0.15, -0.1) is 11.3 Å². The van der Waals surface area contributed by atoms with Crippen LogP contribution < -0.4 is 15.0 Å². The fourth-order valence-corrected chi connectivity index (χ4v) is 7.91. The van der Waals surface area contributed by atoms with Crippen LogP contribution in [0.2, 0.25) is 0 Å². The van der Waals surface area contributed by atoms with Crippen molar-refractivity contribution in [2.24, 2.45) is 0 Å². The molecule has 1 unspecified atom stereocenters. The maximum absolute atomic E-state index is 14.1. The highest BCUT2D eigenvalue weighted by atomic mass is 32.1. The minimum atomic E-state index is -0.0942. The van der Waals surface area contributed by atoms with Crippen molar-refractivity contribution >= 4 is 27.5 Å². The Hall–Kier alpha value is -2.87. The number of nitrogens with zero attached hydrogens (tertiary/aromatic N) is 3. The lowest BCUT2D eigenvalue weighted by atomic mass is 9.71. The molecule has 5 heterocycles. The number of hydrogen-bond acceptors (Lipinski definition) is 6. The number of aryl methyl sites for hydroxylation is 2. The fraction of sp³-hybridized carbons (Fsp3) is 0.519. The van der Waals surface area contributed by atoms with Gasteiger partial charge in [0.15, 0.2) is 11.5 Å². The lowest BCUT2D eigenvalue weighted by Crippen LogP contribution is -2.48. The average molecular weight is 492 g/mol. The fourth-order valence-electron chi connectivity index (χ4n) is 6.76. The SMILES string of the molecule is Cc1c(C(=O)N2CC3(CCCC3)c3cc4c(cc3C2C)OCCO4)sc2nc3n(c(=O)c12)CCC3. The van der Waals surface area contributed by atoms with Crippen LogP contribution in [-0.4, -0.2) is 40.1 Å². The molecule has 3 aliphatic heterocycles. The highest BCUT2D eigenvalue weighted by Crippen LogP contribution is 2.52. The Morgan fingerprint density at radius 1 is 1.14 bits per heavy atom. The summed E-state index contributed by atoms with van der Waals surface area (Å²) < 4.78 is 13.6. The van der Waals surface area contributed by atoms with Gasteiger partial charge in [0.1, 0.15) is 23.9 Å². The van der Waals surface area contributed by atoms with Crippen LogP contribution in [0.15, 0.2) is 16.9 Å². The van der Waals surface area contributed by atoms with Crippen molar-refractivity contribution in [3.8, 4) is 11.5 Å². The van der Waals surface area contributed by atoms with Gasteiger partial charge in [-0.1, -0.05) is 12.8 Å². The summed E-state index contributed by atoms with van der Waals surface area (Å²) in [5.74, 6) is 2.46. The van der Waals surface area contributed by atoms with Gasteiger partial charge >= 0.3 is 0 Å². The molecule has 7 nitrogen and oxygen atoms in total. The number of carbonyl (C=O) groups is 1. The molecule has 1 amide bonds. The molecule has 182 valence electrons. The van der Waals surface area contributed by atoms with E-state index in [-0.39, 0.29) is 22.9 Å². The second-order valence-corrected chi connectivity index (χ2v) is 11.5. The molecular formula is C27H29N3O4S. The minimum absolute atomic E-state index is 0.00313. The standard InChI is InChI=1S/C27H29N3O4S/c1-15-22-24(28-21-6-5-9-29(21)25(22)31)35-23(15)26(32)30-14-27(7-3-4-8-27)18-13-20-19(33-10-11-34-20)12-17(18)16(30)2/h12-13,16H,3-11,14H2,1-2H3. The van der Waals surface area contributed by atoms with Gasteiger partial charge in [0.05, 0.1) is 16.3 Å². The molecule has 1 fully saturated rings. The predicted molar refractivity (Wildman–Crippen MR) is 134 cm³/mol. The first-order valence-electron chi connectivity index (χ1n) is 12.7. The van der Waals surface area contributed by atoms with E-state index in [1.54, 1.807) is 4.57 Å². The van der Waals surface area contributed by atoms with Gasteiger partial charge in [0.2, 0.25) is 0 Å². The van der Waals surface area contributed by atoms with Gasteiger partial charge in [-0.3, -0.25) is 14.2 Å². The van der Waals surface area contributed by atoms with Gasteiger partial charge in [-0.05, 0) is 61.9 Å². The maximum Gasteiger partial charge on any atom is 0.264 e. The van der Waals surface area contributed by atoms with Crippen LogP contribution in [0.1, 0.15) is 77.3 Å². The van der Waals surface area contributed by atoms with Crippen LogP contribution in [0.3, 0.4) is 0 Å². The maximum atomic E-state index is 14.1. The molecule has 0 radical (unpaired) electrons. The number of hydrogen-bond donors (Lipinski definition) is 0. The van der Waals surface area contributed by atoms with Gasteiger partial charge in [0.25, 0.3) is 11.5 Å². The van der Waals surface area contributed by atoms with E-state index in [1.807, 2.05) is 11.8 Å². The number of thiophene rings is 1. The molecule has 0 saturated heterocycles. The number of ether oxygens (including phenoxy) is 2. The van der Waals surface area contributed by atoms with Crippen LogP contribution in [-0.2, 0) is 18.4 Å². The van der Waals surface area contributed by atoms with Crippen LogP contribution in [0, 0.1) is 6.92 Å². The van der Waals surface area contributed by atoms with Crippen LogP contribution in [0.4, 0.5) is 0 Å². The average Bonchev–Trinajstić information content (AvgIpc) is 3.60. The first-order valence-corrected chi connectivity index (χ1v) is 13.6. The Bertz CT molecular complexity index is 1450. The van der Waals surface area contributed by atoms with Gasteiger partial charge < -0.3 is 14.4 Å². The minimum Gasteiger partial charge on any atom is -0.486 e. The summed E-state index contributed by atoms with van der Waals surface area (Å²) >= 11 is 1.38. The summed E-state index contributed by atoms with van der Waals surface area (Å²) in [6, 6.07) is 4.19. The number of carbonyl (C=O) groups excluding carboxylic acids is 1. The molecule has 4 aliphatic rings. The van der Waals surface area contributed by atoms with E-state index >= 15 is 0 Å². The lowest BCUT2D eigenvalue weighted by molar-refractivity contribution is 0.0597. The van der Waals surface area contributed by atoms with Crippen molar-refractivity contribution in [2.45, 2.75) is 70.4 Å². The molecule has 3 aromatic rings. The molecule has 35 heavy (non-hydrogen) atoms. The van der Waals surface area contributed by atoms with Crippen molar-refractivity contribution in [1.82, 2.24) is 14.5 Å². The largest absolute Gasteiger partial charge is 0.486 e. The smallest absolute Gasteiger partial charge is 0.264 e. The predicted octanol–water partition coefficient (Wildman–Crippen LogP) is 4.51. The summed E-state index contributed by atoms with van der Waals surface area (Å²) in [7, 11) is 0. The van der Waals surface area contributed by atoms with E-state index in [9.17, 15) is 9.59 Å². The van der Waals surface area contributed by atoms with E-state index < -0.39 is 0 Å². The summed E-state index contributed by atoms with van der Waals surface area (Å²) in [6.45, 7) is 6.54. The Labute approximate surface area is 207 Å². The monoisotopic (exact) mass is 491 g/mol. The summed E-state index contributed by atoms with van der Waals surface area (Å²) in [6.07, 6.45) is 6.24. The third kappa shape index (κ3) is 2.98. The molecule has 0 N–H and O–H groups in total. The topological polar surface area (TPSA) is 73.7 Å². The Balaban J connectivity index is 1.34. The summed E-state index contributed by atoms with van der Waals surface area (Å²) in [5, 5.41) is 0.615. The van der Waals surface area contributed by atoms with Crippen molar-refractivity contribution in [2.75, 3.05) is 19.8 Å². The molecule has 1 aromatic carbocycles. The van der Waals surface area contributed by atoms with E-state index in [0.29, 0.717) is 41.4 Å². The molecule has 1 aliphatic carbocycles. The highest BCUT2D eigenvalue weighted by molar-refractivity contribution is 7.20. The Morgan fingerprint density at radius 2 is 1.89 bits per heavy atom. The first-order chi connectivity index (χ1) is 17.0. The Kier molecular flexibility index (Phi) is 4.63. The second-order valence-electron chi connectivity index (χ2n) is 10.5. The highest BCUT2D eigenvalue weighted by Gasteiger charge is 2.47. The molecule has 7 rings (SSSR count). The molecule has 1 atom stereocenters. The van der Waals surface area contributed by atoms with E-state index in [4.69, 9.17) is 14.5 Å². The van der Waals surface area contributed by atoms with Crippen LogP contribution >= 0.6 is 11.3 Å². The third-order valence-corrected chi connectivity index (χ3v) is 9.78. The van der Waals surface area contributed by atoms with Crippen molar-refractivity contribution in [3.63, 3.8) is 0 Å². The normalized spacial score (nSPS) is 22.0. The summed E-state index contributed by atoms with van der Waals surface area (Å²) in [5.41, 5.74) is 3.20. The van der Waals surface area contributed by atoms with Crippen LogP contribution in [0.25, 0.3) is 10.2 Å². The molecule has 0 bridgehead atoms. The zero-order valence-corrected chi connectivity index (χ0v) is 21.0. The quantitative estimate of drug-likeness (QED) is 0.501. The molecule has 8 heteroatoms. The zero-order valence-electron chi connectivity index (χ0n) is 20.2. The Morgan fingerprint density at radius 3 is 2.66 bits per heavy atom. The molecule has 2 aromatic heterocycles. The van der Waals surface area contributed by atoms with Gasteiger partial charge in [-0.25, -0.2) is 4.98 Å². The third-order valence-electron chi connectivity index (χ3n) is 8.60. The molecular weight excluding hydrogens is 462 g/mol. The zero-order chi connectivity index (χ0) is 23.9. The molecule has 1 spiro atoms. The number of amides is 1. The molecule has 1 saturated carbocycles. The van der Waals surface area contributed by atoms with Gasteiger partial charge in [0, 0.05) is 24.9 Å². The van der Waals surface area contributed by atoms with E-state index in [1.165, 1.54) is 29.7 Å². The number of benzene rings is 1. The summed E-state index contributed by atoms with van der Waals surface area (Å²) in [4.78, 5) is 35.5. The van der Waals surface area contributed by atoms with E-state index in [2.05, 4.69) is 19.1 Å². The van der Waals surface area contributed by atoms with Gasteiger partial charge in [-0.2, -0.15) is 0 Å². The number of aromatic nitrogens is 2. The van der Waals surface area contributed by atoms with Crippen molar-refractivity contribution < 1.29 is 14.3 Å². The van der Waals surface area contributed by atoms with Crippen molar-refractivity contribution in [1.29, 1.82) is 0 Å². The van der Waals surface area contributed by atoms with Crippen LogP contribution in [0.5, 0.6) is 11.5 Å².